The molecule has 4 nitrogen and oxygen atoms in total. The van der Waals surface area contributed by atoms with Crippen molar-refractivity contribution in [2.24, 2.45) is 5.41 Å². The number of halogens is 1. The number of carboxylic acid groups (broad SMARTS) is 1. The fraction of sp³-hybridized carbons (Fsp3) is 0.611. The minimum absolute atomic E-state index is 0.229. The summed E-state index contributed by atoms with van der Waals surface area (Å²) in [6.45, 7) is 1.12. The summed E-state index contributed by atoms with van der Waals surface area (Å²) in [7, 11) is 0. The van der Waals surface area contributed by atoms with E-state index in [-0.39, 0.29) is 12.2 Å². The van der Waals surface area contributed by atoms with Crippen LogP contribution >= 0.6 is 0 Å². The van der Waals surface area contributed by atoms with Crippen molar-refractivity contribution in [1.29, 1.82) is 0 Å². The largest absolute Gasteiger partial charge is 0.481 e. The Morgan fingerprint density at radius 2 is 1.87 bits per heavy atom. The first-order chi connectivity index (χ1) is 11.0. The zero-order chi connectivity index (χ0) is 16.4. The first-order valence-electron chi connectivity index (χ1n) is 8.41. The normalized spacial score (nSPS) is 29.7. The summed E-state index contributed by atoms with van der Waals surface area (Å²) in [4.78, 5) is 14.3. The highest BCUT2D eigenvalue weighted by molar-refractivity contribution is 5.76. The number of nitrogens with zero attached hydrogens (tertiary/aromatic N) is 1. The van der Waals surface area contributed by atoms with Crippen LogP contribution in [-0.4, -0.2) is 46.3 Å². The van der Waals surface area contributed by atoms with Gasteiger partial charge in [-0.2, -0.15) is 0 Å². The Labute approximate surface area is 135 Å². The van der Waals surface area contributed by atoms with Crippen LogP contribution in [0.2, 0.25) is 0 Å². The number of aliphatic carboxylic acids is 1. The first-order valence-corrected chi connectivity index (χ1v) is 8.41. The van der Waals surface area contributed by atoms with Gasteiger partial charge < -0.3 is 10.2 Å². The van der Waals surface area contributed by atoms with Gasteiger partial charge in [-0.05, 0) is 43.4 Å². The molecule has 1 aliphatic carbocycles. The van der Waals surface area contributed by atoms with Crippen LogP contribution in [0.5, 0.6) is 0 Å². The van der Waals surface area contributed by atoms with Crippen LogP contribution in [0.15, 0.2) is 24.3 Å². The molecule has 0 amide bonds. The van der Waals surface area contributed by atoms with Crippen LogP contribution < -0.4 is 0 Å². The van der Waals surface area contributed by atoms with E-state index in [2.05, 4.69) is 4.90 Å². The molecule has 1 saturated carbocycles. The quantitative estimate of drug-likeness (QED) is 0.894. The van der Waals surface area contributed by atoms with E-state index in [9.17, 15) is 19.4 Å². The average Bonchev–Trinajstić information content (AvgIpc) is 3.06. The monoisotopic (exact) mass is 321 g/mol. The Bertz CT molecular complexity index is 556. The Balaban J connectivity index is 1.84. The van der Waals surface area contributed by atoms with Gasteiger partial charge in [-0.3, -0.25) is 9.69 Å². The summed E-state index contributed by atoms with van der Waals surface area (Å²) in [6.07, 6.45) is 4.45. The van der Waals surface area contributed by atoms with Crippen LogP contribution in [0.1, 0.15) is 37.7 Å². The Hall–Kier alpha value is -1.46. The Kier molecular flexibility index (Phi) is 4.69. The predicted molar refractivity (Wildman–Crippen MR) is 84.6 cm³/mol. The molecule has 1 saturated heterocycles. The van der Waals surface area contributed by atoms with Crippen LogP contribution in [0, 0.1) is 11.2 Å². The molecule has 0 spiro atoms. The molecular weight excluding hydrogens is 297 g/mol. The molecule has 126 valence electrons. The third kappa shape index (κ3) is 3.26. The number of hydrogen-bond donors (Lipinski definition) is 2. The lowest BCUT2D eigenvalue weighted by Gasteiger charge is -2.45. The highest BCUT2D eigenvalue weighted by Crippen LogP contribution is 2.37. The minimum Gasteiger partial charge on any atom is -0.481 e. The molecule has 2 N–H and O–H groups in total. The fourth-order valence-electron chi connectivity index (χ4n) is 4.12. The van der Waals surface area contributed by atoms with E-state index in [1.165, 1.54) is 25.0 Å². The van der Waals surface area contributed by atoms with Crippen LogP contribution in [0.3, 0.4) is 0 Å². The molecule has 2 atom stereocenters. The highest BCUT2D eigenvalue weighted by atomic mass is 19.1. The molecule has 3 rings (SSSR count). The number of carboxylic acids is 1. The van der Waals surface area contributed by atoms with Gasteiger partial charge in [0, 0.05) is 19.1 Å². The standard InChI is InChI=1S/C18H24FNO3/c19-14-7-5-13(6-8-14)11-18(17(22)23)12-20(10-9-16(18)21)15-3-1-2-4-15/h5-8,15-16,21H,1-4,9-12H2,(H,22,23)/t16-,18-/m1/s1. The van der Waals surface area contributed by atoms with Gasteiger partial charge in [0.25, 0.3) is 0 Å². The Morgan fingerprint density at radius 1 is 1.22 bits per heavy atom. The van der Waals surface area contributed by atoms with Crippen LogP contribution in [0.4, 0.5) is 4.39 Å². The number of benzene rings is 1. The highest BCUT2D eigenvalue weighted by Gasteiger charge is 2.50. The molecule has 1 aromatic carbocycles. The van der Waals surface area contributed by atoms with Gasteiger partial charge in [-0.15, -0.1) is 0 Å². The van der Waals surface area contributed by atoms with Gasteiger partial charge in [0.15, 0.2) is 0 Å². The van der Waals surface area contributed by atoms with Crippen molar-refractivity contribution >= 4 is 5.97 Å². The lowest BCUT2D eigenvalue weighted by molar-refractivity contribution is -0.164. The summed E-state index contributed by atoms with van der Waals surface area (Å²) < 4.78 is 13.1. The van der Waals surface area contributed by atoms with Crippen molar-refractivity contribution in [3.8, 4) is 0 Å². The van der Waals surface area contributed by atoms with Gasteiger partial charge in [-0.25, -0.2) is 4.39 Å². The summed E-state index contributed by atoms with van der Waals surface area (Å²) in [6, 6.07) is 6.35. The zero-order valence-electron chi connectivity index (χ0n) is 13.2. The molecule has 23 heavy (non-hydrogen) atoms. The summed E-state index contributed by atoms with van der Waals surface area (Å²) in [5.74, 6) is -1.30. The second-order valence-electron chi connectivity index (χ2n) is 6.98. The molecule has 0 bridgehead atoms. The number of likely N-dealkylation sites (tertiary alicyclic amines) is 1. The molecule has 0 aromatic heterocycles. The average molecular weight is 321 g/mol. The maximum Gasteiger partial charge on any atom is 0.313 e. The number of piperidine rings is 1. The topological polar surface area (TPSA) is 60.8 Å². The maximum absolute atomic E-state index is 13.1. The lowest BCUT2D eigenvalue weighted by Crippen LogP contribution is -2.58. The zero-order valence-corrected chi connectivity index (χ0v) is 13.2. The second-order valence-corrected chi connectivity index (χ2v) is 6.98. The van der Waals surface area contributed by atoms with E-state index in [4.69, 9.17) is 0 Å². The smallest absolute Gasteiger partial charge is 0.313 e. The van der Waals surface area contributed by atoms with Gasteiger partial charge in [0.05, 0.1) is 6.10 Å². The molecule has 1 aromatic rings. The van der Waals surface area contributed by atoms with Gasteiger partial charge in [0.2, 0.25) is 0 Å². The molecule has 5 heteroatoms. The molecule has 1 heterocycles. The number of aliphatic hydroxyl groups excluding tert-OH is 1. The SMILES string of the molecule is O=C(O)[C@]1(Cc2ccc(F)cc2)CN(C2CCCC2)CC[C@H]1O. The van der Waals surface area contributed by atoms with Gasteiger partial charge in [-0.1, -0.05) is 25.0 Å². The molecule has 2 aliphatic rings. The van der Waals surface area contributed by atoms with Crippen molar-refractivity contribution in [3.63, 3.8) is 0 Å². The lowest BCUT2D eigenvalue weighted by atomic mass is 9.72. The second kappa shape index (κ2) is 6.57. The molecule has 2 fully saturated rings. The van der Waals surface area contributed by atoms with Crippen LogP contribution in [0.25, 0.3) is 0 Å². The summed E-state index contributed by atoms with van der Waals surface area (Å²) >= 11 is 0. The summed E-state index contributed by atoms with van der Waals surface area (Å²) in [5, 5.41) is 20.4. The van der Waals surface area contributed by atoms with E-state index in [1.54, 1.807) is 12.1 Å². The Morgan fingerprint density at radius 3 is 2.48 bits per heavy atom. The fourth-order valence-corrected chi connectivity index (χ4v) is 4.12. The van der Waals surface area contributed by atoms with E-state index >= 15 is 0 Å². The number of aliphatic hydroxyl groups is 1. The molecule has 1 aliphatic heterocycles. The first kappa shape index (κ1) is 16.4. The van der Waals surface area contributed by atoms with Crippen molar-refractivity contribution in [1.82, 2.24) is 4.90 Å². The third-order valence-corrected chi connectivity index (χ3v) is 5.51. The van der Waals surface area contributed by atoms with Crippen molar-refractivity contribution < 1.29 is 19.4 Å². The van der Waals surface area contributed by atoms with Gasteiger partial charge >= 0.3 is 5.97 Å². The van der Waals surface area contributed by atoms with Crippen LogP contribution in [-0.2, 0) is 11.2 Å². The van der Waals surface area contributed by atoms with Gasteiger partial charge in [0.1, 0.15) is 11.2 Å². The van der Waals surface area contributed by atoms with E-state index in [0.29, 0.717) is 19.0 Å². The van der Waals surface area contributed by atoms with Crippen molar-refractivity contribution in [2.45, 2.75) is 50.7 Å². The predicted octanol–water partition coefficient (Wildman–Crippen LogP) is 2.45. The van der Waals surface area contributed by atoms with E-state index < -0.39 is 17.5 Å². The van der Waals surface area contributed by atoms with Crippen molar-refractivity contribution in [2.75, 3.05) is 13.1 Å². The summed E-state index contributed by atoms with van der Waals surface area (Å²) in [5.41, 5.74) is -0.459. The minimum atomic E-state index is -1.21. The maximum atomic E-state index is 13.1. The number of carbonyl (C=O) groups is 1. The van der Waals surface area contributed by atoms with Crippen molar-refractivity contribution in [3.05, 3.63) is 35.6 Å². The number of hydrogen-bond acceptors (Lipinski definition) is 3. The molecular formula is C18H24FNO3. The molecule has 0 unspecified atom stereocenters. The molecule has 0 radical (unpaired) electrons. The van der Waals surface area contributed by atoms with E-state index in [0.717, 1.165) is 24.9 Å². The number of rotatable bonds is 4. The third-order valence-electron chi connectivity index (χ3n) is 5.51. The van der Waals surface area contributed by atoms with E-state index in [1.807, 2.05) is 0 Å².